The zero-order chi connectivity index (χ0) is 18.5. The molecule has 3 nitrogen and oxygen atoms in total. The summed E-state index contributed by atoms with van der Waals surface area (Å²) < 4.78 is 0. The lowest BCUT2D eigenvalue weighted by Crippen LogP contribution is -1.94. The molecule has 0 aliphatic heterocycles. The smallest absolute Gasteiger partial charge is 0.131 e. The first-order chi connectivity index (χ1) is 12.9. The summed E-state index contributed by atoms with van der Waals surface area (Å²) >= 11 is 0. The fraction of sp³-hybridized carbons (Fsp3) is 0.870. The molecule has 1 rings (SSSR count). The quantitative estimate of drug-likeness (QED) is 0.240. The van der Waals surface area contributed by atoms with Crippen LogP contribution in [-0.4, -0.2) is 15.0 Å². The fourth-order valence-corrected chi connectivity index (χ4v) is 3.58. The number of nitrogens with zero attached hydrogens (tertiary/aromatic N) is 3. The zero-order valence-corrected chi connectivity index (χ0v) is 17.4. The maximum absolute atomic E-state index is 4.17. The van der Waals surface area contributed by atoms with Crippen molar-refractivity contribution in [2.75, 3.05) is 0 Å². The van der Waals surface area contributed by atoms with E-state index in [-0.39, 0.29) is 0 Å². The van der Waals surface area contributed by atoms with E-state index in [0.29, 0.717) is 0 Å². The van der Waals surface area contributed by atoms with Gasteiger partial charge in [0.2, 0.25) is 0 Å². The van der Waals surface area contributed by atoms with Crippen LogP contribution in [-0.2, 0) is 6.42 Å². The average Bonchev–Trinajstić information content (AvgIpc) is 2.68. The van der Waals surface area contributed by atoms with Gasteiger partial charge in [-0.15, -0.1) is 0 Å². The van der Waals surface area contributed by atoms with Crippen molar-refractivity contribution >= 4 is 0 Å². The summed E-state index contributed by atoms with van der Waals surface area (Å²) in [5.74, 6) is 0.941. The summed E-state index contributed by atoms with van der Waals surface area (Å²) in [6.45, 7) is 2.29. The molecule has 1 aromatic rings. The first kappa shape index (κ1) is 23.0. The van der Waals surface area contributed by atoms with E-state index in [1.807, 2.05) is 0 Å². The van der Waals surface area contributed by atoms with E-state index in [1.165, 1.54) is 116 Å². The molecule has 0 aliphatic rings. The Morgan fingerprint density at radius 2 is 0.846 bits per heavy atom. The standard InChI is InChI=1S/C23H43N3/c1-2-3-4-5-6-7-8-9-10-11-12-13-14-15-16-17-18-19-20-23-25-21-24-22-26-23/h21-22H,2-20H2,1H3. The predicted molar refractivity (Wildman–Crippen MR) is 112 cm³/mol. The van der Waals surface area contributed by atoms with Crippen LogP contribution < -0.4 is 0 Å². The second kappa shape index (κ2) is 18.8. The summed E-state index contributed by atoms with van der Waals surface area (Å²) in [6, 6.07) is 0. The lowest BCUT2D eigenvalue weighted by atomic mass is 10.0. The first-order valence-corrected chi connectivity index (χ1v) is 11.5. The lowest BCUT2D eigenvalue weighted by molar-refractivity contribution is 0.524. The van der Waals surface area contributed by atoms with E-state index in [4.69, 9.17) is 0 Å². The van der Waals surface area contributed by atoms with Crippen molar-refractivity contribution in [1.82, 2.24) is 15.0 Å². The number of aryl methyl sites for hydroxylation is 1. The molecule has 0 saturated carbocycles. The molecular formula is C23H43N3. The summed E-state index contributed by atoms with van der Waals surface area (Å²) in [4.78, 5) is 12.2. The van der Waals surface area contributed by atoms with Crippen LogP contribution in [0.1, 0.15) is 128 Å². The molecule has 1 heterocycles. The van der Waals surface area contributed by atoms with Crippen molar-refractivity contribution in [3.05, 3.63) is 18.5 Å². The Balaban J connectivity index is 1.68. The monoisotopic (exact) mass is 361 g/mol. The van der Waals surface area contributed by atoms with Gasteiger partial charge in [-0.05, 0) is 6.42 Å². The summed E-state index contributed by atoms with van der Waals surface area (Å²) in [5.41, 5.74) is 0. The lowest BCUT2D eigenvalue weighted by Gasteiger charge is -2.04. The van der Waals surface area contributed by atoms with Gasteiger partial charge in [0.25, 0.3) is 0 Å². The molecule has 0 atom stereocenters. The van der Waals surface area contributed by atoms with Crippen LogP contribution >= 0.6 is 0 Å². The molecule has 0 N–H and O–H groups in total. The fourth-order valence-electron chi connectivity index (χ4n) is 3.58. The Morgan fingerprint density at radius 1 is 0.500 bits per heavy atom. The predicted octanol–water partition coefficient (Wildman–Crippen LogP) is 7.46. The van der Waals surface area contributed by atoms with E-state index >= 15 is 0 Å². The molecule has 3 heteroatoms. The van der Waals surface area contributed by atoms with Crippen molar-refractivity contribution in [1.29, 1.82) is 0 Å². The van der Waals surface area contributed by atoms with E-state index in [2.05, 4.69) is 21.9 Å². The second-order valence-electron chi connectivity index (χ2n) is 7.81. The number of hydrogen-bond acceptors (Lipinski definition) is 3. The first-order valence-electron chi connectivity index (χ1n) is 11.5. The summed E-state index contributed by atoms with van der Waals surface area (Å²) in [5, 5.41) is 0. The van der Waals surface area contributed by atoms with E-state index in [1.54, 1.807) is 12.7 Å². The highest BCUT2D eigenvalue weighted by atomic mass is 15.0. The van der Waals surface area contributed by atoms with Crippen molar-refractivity contribution in [2.45, 2.75) is 129 Å². The van der Waals surface area contributed by atoms with Gasteiger partial charge in [-0.2, -0.15) is 0 Å². The van der Waals surface area contributed by atoms with Gasteiger partial charge >= 0.3 is 0 Å². The van der Waals surface area contributed by atoms with Crippen molar-refractivity contribution in [3.63, 3.8) is 0 Å². The maximum atomic E-state index is 4.17. The molecule has 0 amide bonds. The molecule has 0 aromatic carbocycles. The third-order valence-electron chi connectivity index (χ3n) is 5.30. The minimum Gasteiger partial charge on any atom is -0.225 e. The topological polar surface area (TPSA) is 38.7 Å². The van der Waals surface area contributed by atoms with Gasteiger partial charge in [0.1, 0.15) is 18.5 Å². The van der Waals surface area contributed by atoms with Crippen LogP contribution in [0.15, 0.2) is 12.7 Å². The Bertz CT molecular complexity index is 380. The van der Waals surface area contributed by atoms with Gasteiger partial charge in [0, 0.05) is 6.42 Å². The molecular weight excluding hydrogens is 318 g/mol. The molecule has 0 spiro atoms. The van der Waals surface area contributed by atoms with Gasteiger partial charge < -0.3 is 0 Å². The van der Waals surface area contributed by atoms with Gasteiger partial charge in [0.15, 0.2) is 0 Å². The zero-order valence-electron chi connectivity index (χ0n) is 17.4. The number of rotatable bonds is 19. The van der Waals surface area contributed by atoms with Crippen molar-refractivity contribution in [2.24, 2.45) is 0 Å². The SMILES string of the molecule is CCCCCCCCCCCCCCCCCCCCc1ncncn1. The molecule has 0 fully saturated rings. The average molecular weight is 362 g/mol. The molecule has 0 bridgehead atoms. The summed E-state index contributed by atoms with van der Waals surface area (Å²) in [6.07, 6.45) is 29.7. The van der Waals surface area contributed by atoms with E-state index < -0.39 is 0 Å². The Morgan fingerprint density at radius 3 is 1.23 bits per heavy atom. The molecule has 150 valence electrons. The van der Waals surface area contributed by atoms with Gasteiger partial charge in [-0.25, -0.2) is 15.0 Å². The normalized spacial score (nSPS) is 11.1. The number of unbranched alkanes of at least 4 members (excludes halogenated alkanes) is 17. The largest absolute Gasteiger partial charge is 0.225 e. The number of aromatic nitrogens is 3. The minimum absolute atomic E-state index is 0.941. The highest BCUT2D eigenvalue weighted by molar-refractivity contribution is 4.80. The van der Waals surface area contributed by atoms with Crippen LogP contribution in [0.5, 0.6) is 0 Å². The van der Waals surface area contributed by atoms with Crippen molar-refractivity contribution in [3.8, 4) is 0 Å². The summed E-state index contributed by atoms with van der Waals surface area (Å²) in [7, 11) is 0. The molecule has 1 aromatic heterocycles. The molecule has 26 heavy (non-hydrogen) atoms. The maximum Gasteiger partial charge on any atom is 0.131 e. The van der Waals surface area contributed by atoms with Crippen molar-refractivity contribution < 1.29 is 0 Å². The highest BCUT2D eigenvalue weighted by Gasteiger charge is 1.97. The third kappa shape index (κ3) is 15.3. The Kier molecular flexibility index (Phi) is 16.7. The Hall–Kier alpha value is -0.990. The molecule has 0 aliphatic carbocycles. The number of hydrogen-bond donors (Lipinski definition) is 0. The highest BCUT2D eigenvalue weighted by Crippen LogP contribution is 2.14. The van der Waals surface area contributed by atoms with Gasteiger partial charge in [0.05, 0.1) is 0 Å². The second-order valence-corrected chi connectivity index (χ2v) is 7.81. The van der Waals surface area contributed by atoms with Crippen LogP contribution in [0.25, 0.3) is 0 Å². The van der Waals surface area contributed by atoms with E-state index in [9.17, 15) is 0 Å². The van der Waals surface area contributed by atoms with Crippen LogP contribution in [0.2, 0.25) is 0 Å². The van der Waals surface area contributed by atoms with E-state index in [0.717, 1.165) is 12.2 Å². The Labute approximate surface area is 162 Å². The minimum atomic E-state index is 0.941. The molecule has 0 radical (unpaired) electrons. The van der Waals surface area contributed by atoms with Gasteiger partial charge in [-0.3, -0.25) is 0 Å². The third-order valence-corrected chi connectivity index (χ3v) is 5.30. The molecule has 0 saturated heterocycles. The van der Waals surface area contributed by atoms with Crippen LogP contribution in [0.3, 0.4) is 0 Å². The van der Waals surface area contributed by atoms with Crippen LogP contribution in [0.4, 0.5) is 0 Å². The van der Waals surface area contributed by atoms with Gasteiger partial charge in [-0.1, -0.05) is 116 Å². The molecule has 0 unspecified atom stereocenters. The van der Waals surface area contributed by atoms with Crippen LogP contribution in [0, 0.1) is 0 Å².